The smallest absolute Gasteiger partial charge is 0.303 e. The molecule has 0 radical (unpaired) electrons. The zero-order valence-corrected chi connectivity index (χ0v) is 14.2. The van der Waals surface area contributed by atoms with Crippen LogP contribution in [-0.4, -0.2) is 54.5 Å². The van der Waals surface area contributed by atoms with Crippen LogP contribution in [0, 0.1) is 5.92 Å². The topological polar surface area (TPSA) is 88.1 Å². The lowest BCUT2D eigenvalue weighted by Crippen LogP contribution is -2.57. The largest absolute Gasteiger partial charge is 0.463 e. The molecule has 0 bridgehead atoms. The third kappa shape index (κ3) is 5.17. The monoisotopic (exact) mass is 334 g/mol. The summed E-state index contributed by atoms with van der Waals surface area (Å²) >= 11 is 1.45. The van der Waals surface area contributed by atoms with Crippen molar-refractivity contribution in [3.8, 4) is 0 Å². The van der Waals surface area contributed by atoms with E-state index in [9.17, 15) is 14.4 Å². The van der Waals surface area contributed by atoms with Crippen LogP contribution in [0.25, 0.3) is 0 Å². The first-order valence-electron chi connectivity index (χ1n) is 6.92. The van der Waals surface area contributed by atoms with Crippen LogP contribution in [0.1, 0.15) is 27.7 Å². The normalized spacial score (nSPS) is 31.2. The van der Waals surface area contributed by atoms with Crippen molar-refractivity contribution in [2.75, 3.05) is 12.9 Å². The number of rotatable bonds is 5. The number of carbonyl (C=O) groups excluding carboxylic acids is 3. The SMILES string of the molecule is CS[C@@H]1OC(COC(C)=O)[C@@H](OC(C)=O)C(OC(C)=O)C1C. The highest BCUT2D eigenvalue weighted by molar-refractivity contribution is 7.99. The second-order valence-corrected chi connectivity index (χ2v) is 6.02. The molecule has 0 N–H and O–H groups in total. The van der Waals surface area contributed by atoms with Gasteiger partial charge in [-0.25, -0.2) is 0 Å². The molecule has 0 amide bonds. The minimum Gasteiger partial charge on any atom is -0.463 e. The van der Waals surface area contributed by atoms with Gasteiger partial charge in [0.1, 0.15) is 24.3 Å². The third-order valence-corrected chi connectivity index (χ3v) is 4.24. The summed E-state index contributed by atoms with van der Waals surface area (Å²) in [5.74, 6) is -1.64. The van der Waals surface area contributed by atoms with Gasteiger partial charge in [-0.05, 0) is 6.26 Å². The van der Waals surface area contributed by atoms with E-state index in [-0.39, 0.29) is 18.0 Å². The van der Waals surface area contributed by atoms with Crippen LogP contribution >= 0.6 is 11.8 Å². The van der Waals surface area contributed by atoms with Gasteiger partial charge in [0.25, 0.3) is 0 Å². The van der Waals surface area contributed by atoms with Gasteiger partial charge in [-0.1, -0.05) is 6.92 Å². The van der Waals surface area contributed by atoms with Crippen molar-refractivity contribution < 1.29 is 33.3 Å². The summed E-state index contributed by atoms with van der Waals surface area (Å²) in [7, 11) is 0. The Balaban J connectivity index is 3.00. The average molecular weight is 334 g/mol. The van der Waals surface area contributed by atoms with Gasteiger partial charge in [0.15, 0.2) is 6.10 Å². The maximum atomic E-state index is 11.4. The molecule has 0 spiro atoms. The Morgan fingerprint density at radius 3 is 2.00 bits per heavy atom. The van der Waals surface area contributed by atoms with E-state index >= 15 is 0 Å². The van der Waals surface area contributed by atoms with Crippen LogP contribution in [0.5, 0.6) is 0 Å². The molecule has 1 fully saturated rings. The van der Waals surface area contributed by atoms with Gasteiger partial charge in [-0.2, -0.15) is 0 Å². The summed E-state index contributed by atoms with van der Waals surface area (Å²) in [5.41, 5.74) is -0.267. The number of hydrogen-bond acceptors (Lipinski definition) is 8. The Labute approximate surface area is 134 Å². The van der Waals surface area contributed by atoms with Crippen molar-refractivity contribution in [2.24, 2.45) is 5.92 Å². The second-order valence-electron chi connectivity index (χ2n) is 5.09. The quantitative estimate of drug-likeness (QED) is 0.546. The lowest BCUT2D eigenvalue weighted by Gasteiger charge is -2.43. The summed E-state index contributed by atoms with van der Waals surface area (Å²) in [6.45, 7) is 5.62. The summed E-state index contributed by atoms with van der Waals surface area (Å²) < 4.78 is 21.4. The fraction of sp³-hybridized carbons (Fsp3) is 0.786. The highest BCUT2D eigenvalue weighted by atomic mass is 32.2. The minimum absolute atomic E-state index is 0.0746. The zero-order chi connectivity index (χ0) is 16.9. The van der Waals surface area contributed by atoms with E-state index in [1.165, 1.54) is 32.5 Å². The van der Waals surface area contributed by atoms with Crippen LogP contribution < -0.4 is 0 Å². The van der Waals surface area contributed by atoms with E-state index in [4.69, 9.17) is 18.9 Å². The summed E-state index contributed by atoms with van der Waals surface area (Å²) in [5, 5.41) is 0. The molecule has 3 unspecified atom stereocenters. The molecular formula is C14H22O7S. The van der Waals surface area contributed by atoms with Crippen molar-refractivity contribution in [1.82, 2.24) is 0 Å². The lowest BCUT2D eigenvalue weighted by molar-refractivity contribution is -0.217. The average Bonchev–Trinajstić information content (AvgIpc) is 2.41. The Morgan fingerprint density at radius 2 is 1.55 bits per heavy atom. The molecule has 1 heterocycles. The first kappa shape index (κ1) is 18.8. The number of thioether (sulfide) groups is 1. The lowest BCUT2D eigenvalue weighted by atomic mass is 9.93. The molecule has 1 rings (SSSR count). The van der Waals surface area contributed by atoms with E-state index < -0.39 is 36.2 Å². The summed E-state index contributed by atoms with van der Waals surface area (Å²) in [6, 6.07) is 0. The second kappa shape index (κ2) is 8.38. The van der Waals surface area contributed by atoms with Crippen LogP contribution in [0.4, 0.5) is 0 Å². The van der Waals surface area contributed by atoms with Crippen molar-refractivity contribution in [3.05, 3.63) is 0 Å². The van der Waals surface area contributed by atoms with Crippen LogP contribution in [-0.2, 0) is 33.3 Å². The fourth-order valence-electron chi connectivity index (χ4n) is 2.34. The third-order valence-electron chi connectivity index (χ3n) is 3.23. The van der Waals surface area contributed by atoms with Gasteiger partial charge in [0.2, 0.25) is 0 Å². The van der Waals surface area contributed by atoms with Gasteiger partial charge in [0, 0.05) is 26.7 Å². The molecule has 1 saturated heterocycles. The van der Waals surface area contributed by atoms with Crippen LogP contribution in [0.15, 0.2) is 0 Å². The Kier molecular flexibility index (Phi) is 7.15. The Bertz CT molecular complexity index is 425. The number of hydrogen-bond donors (Lipinski definition) is 0. The van der Waals surface area contributed by atoms with Gasteiger partial charge in [-0.3, -0.25) is 14.4 Å². The molecule has 0 aliphatic carbocycles. The standard InChI is InChI=1S/C14H22O7S/c1-7-12(19-9(3)16)13(20-10(4)17)11(6-18-8(2)15)21-14(7)22-5/h7,11-14H,6H2,1-5H3/t7?,11?,12?,13-,14+/m1/s1. The molecule has 5 atom stereocenters. The molecule has 1 aliphatic rings. The molecule has 7 nitrogen and oxygen atoms in total. The number of esters is 3. The highest BCUT2D eigenvalue weighted by Gasteiger charge is 2.47. The van der Waals surface area contributed by atoms with Crippen LogP contribution in [0.3, 0.4) is 0 Å². The molecule has 126 valence electrons. The summed E-state index contributed by atoms with van der Waals surface area (Å²) in [4.78, 5) is 33.7. The molecule has 22 heavy (non-hydrogen) atoms. The molecule has 0 aromatic rings. The number of ether oxygens (including phenoxy) is 4. The van der Waals surface area contributed by atoms with E-state index in [1.807, 2.05) is 13.2 Å². The maximum absolute atomic E-state index is 11.4. The first-order valence-corrected chi connectivity index (χ1v) is 8.21. The molecule has 0 saturated carbocycles. The van der Waals surface area contributed by atoms with Gasteiger partial charge < -0.3 is 18.9 Å². The van der Waals surface area contributed by atoms with E-state index in [0.29, 0.717) is 0 Å². The Hall–Kier alpha value is -1.28. The molecule has 0 aromatic carbocycles. The molecule has 1 aliphatic heterocycles. The van der Waals surface area contributed by atoms with E-state index in [1.54, 1.807) is 0 Å². The van der Waals surface area contributed by atoms with Crippen molar-refractivity contribution in [1.29, 1.82) is 0 Å². The highest BCUT2D eigenvalue weighted by Crippen LogP contribution is 2.35. The Morgan fingerprint density at radius 1 is 1.00 bits per heavy atom. The van der Waals surface area contributed by atoms with E-state index in [2.05, 4.69) is 0 Å². The van der Waals surface area contributed by atoms with Gasteiger partial charge in [-0.15, -0.1) is 11.8 Å². The van der Waals surface area contributed by atoms with E-state index in [0.717, 1.165) is 0 Å². The van der Waals surface area contributed by atoms with Crippen molar-refractivity contribution >= 4 is 29.7 Å². The van der Waals surface area contributed by atoms with Gasteiger partial charge >= 0.3 is 17.9 Å². The molecular weight excluding hydrogens is 312 g/mol. The maximum Gasteiger partial charge on any atom is 0.303 e. The van der Waals surface area contributed by atoms with Crippen LogP contribution in [0.2, 0.25) is 0 Å². The predicted octanol–water partition coefficient (Wildman–Crippen LogP) is 1.14. The zero-order valence-electron chi connectivity index (χ0n) is 13.4. The van der Waals surface area contributed by atoms with Crippen molar-refractivity contribution in [3.63, 3.8) is 0 Å². The molecule has 0 aromatic heterocycles. The van der Waals surface area contributed by atoms with Gasteiger partial charge in [0.05, 0.1) is 0 Å². The molecule has 8 heteroatoms. The number of carbonyl (C=O) groups is 3. The van der Waals surface area contributed by atoms with Crippen molar-refractivity contribution in [2.45, 2.75) is 51.4 Å². The minimum atomic E-state index is -0.820. The first-order chi connectivity index (χ1) is 10.3. The fourth-order valence-corrected chi connectivity index (χ4v) is 3.18. The predicted molar refractivity (Wildman–Crippen MR) is 79.1 cm³/mol. The summed E-state index contributed by atoms with van der Waals surface area (Å²) in [6.07, 6.45) is -0.306.